The highest BCUT2D eigenvalue weighted by Crippen LogP contribution is 2.35. The van der Waals surface area contributed by atoms with E-state index in [1.165, 1.54) is 0 Å². The molecule has 0 amide bonds. The van der Waals surface area contributed by atoms with Crippen LogP contribution >= 0.6 is 0 Å². The fourth-order valence-corrected chi connectivity index (χ4v) is 1.24. The molecule has 0 aromatic carbocycles. The zero-order valence-electron chi connectivity index (χ0n) is 8.68. The lowest BCUT2D eigenvalue weighted by molar-refractivity contribution is 0.00935. The molecule has 0 saturated carbocycles. The maximum atomic E-state index is 9.50. The molecule has 68 valence electrons. The Bertz CT molecular complexity index is 114. The van der Waals surface area contributed by atoms with E-state index in [4.69, 9.17) is 0 Å². The quantitative estimate of drug-likeness (QED) is 0.669. The van der Waals surface area contributed by atoms with Crippen molar-refractivity contribution in [3.05, 3.63) is 0 Å². The molecule has 2 atom stereocenters. The van der Waals surface area contributed by atoms with Gasteiger partial charge in [-0.05, 0) is 24.2 Å². The van der Waals surface area contributed by atoms with Crippen molar-refractivity contribution in [3.63, 3.8) is 0 Å². The summed E-state index contributed by atoms with van der Waals surface area (Å²) in [5, 5.41) is 9.50. The molecule has 0 heterocycles. The molecule has 1 N–H and O–H groups in total. The Morgan fingerprint density at radius 2 is 1.36 bits per heavy atom. The lowest BCUT2D eigenvalue weighted by Gasteiger charge is -2.37. The van der Waals surface area contributed by atoms with Crippen molar-refractivity contribution < 1.29 is 5.11 Å². The lowest BCUT2D eigenvalue weighted by Crippen LogP contribution is -2.35. The molecule has 0 fully saturated rings. The van der Waals surface area contributed by atoms with Crippen LogP contribution in [0, 0.1) is 17.3 Å². The van der Waals surface area contributed by atoms with Gasteiger partial charge in [0.1, 0.15) is 0 Å². The minimum absolute atomic E-state index is 0.0359. The maximum absolute atomic E-state index is 9.50. The SMILES string of the molecule is CC(C)C(C)C(C)(C)C(C)O. The van der Waals surface area contributed by atoms with Crippen molar-refractivity contribution in [2.24, 2.45) is 17.3 Å². The van der Waals surface area contributed by atoms with Crippen LogP contribution in [-0.2, 0) is 0 Å². The third kappa shape index (κ3) is 2.48. The first kappa shape index (κ1) is 11.0. The average molecular weight is 158 g/mol. The van der Waals surface area contributed by atoms with Gasteiger partial charge in [-0.1, -0.05) is 34.6 Å². The molecule has 0 aliphatic carbocycles. The Kier molecular flexibility index (Phi) is 3.56. The fraction of sp³-hybridized carbons (Fsp3) is 1.00. The summed E-state index contributed by atoms with van der Waals surface area (Å²) in [5.74, 6) is 1.20. The number of aliphatic hydroxyl groups excluding tert-OH is 1. The van der Waals surface area contributed by atoms with Crippen molar-refractivity contribution in [1.82, 2.24) is 0 Å². The van der Waals surface area contributed by atoms with Crippen LogP contribution in [0.3, 0.4) is 0 Å². The van der Waals surface area contributed by atoms with E-state index in [2.05, 4.69) is 34.6 Å². The highest BCUT2D eigenvalue weighted by atomic mass is 16.3. The standard InChI is InChI=1S/C10H22O/c1-7(2)8(3)10(5,6)9(4)11/h7-9,11H,1-6H3. The molecule has 0 saturated heterocycles. The first-order valence-electron chi connectivity index (χ1n) is 4.48. The zero-order chi connectivity index (χ0) is 9.23. The molecule has 1 heteroatoms. The van der Waals surface area contributed by atoms with Gasteiger partial charge < -0.3 is 5.11 Å². The monoisotopic (exact) mass is 158 g/mol. The number of rotatable bonds is 3. The van der Waals surface area contributed by atoms with Gasteiger partial charge in [-0.3, -0.25) is 0 Å². The second-order valence-corrected chi connectivity index (χ2v) is 4.53. The van der Waals surface area contributed by atoms with Gasteiger partial charge in [0, 0.05) is 0 Å². The fourth-order valence-electron chi connectivity index (χ4n) is 1.24. The average Bonchev–Trinajstić information content (AvgIpc) is 1.85. The summed E-state index contributed by atoms with van der Waals surface area (Å²) in [4.78, 5) is 0. The van der Waals surface area contributed by atoms with Gasteiger partial charge in [-0.25, -0.2) is 0 Å². The third-order valence-corrected chi connectivity index (χ3v) is 3.25. The van der Waals surface area contributed by atoms with Gasteiger partial charge in [0.15, 0.2) is 0 Å². The third-order valence-electron chi connectivity index (χ3n) is 3.25. The molecular weight excluding hydrogens is 136 g/mol. The minimum atomic E-state index is -0.222. The second kappa shape index (κ2) is 3.57. The van der Waals surface area contributed by atoms with E-state index >= 15 is 0 Å². The summed E-state index contributed by atoms with van der Waals surface area (Å²) in [6, 6.07) is 0. The van der Waals surface area contributed by atoms with E-state index < -0.39 is 0 Å². The van der Waals surface area contributed by atoms with Gasteiger partial charge in [-0.15, -0.1) is 0 Å². The largest absolute Gasteiger partial charge is 0.393 e. The topological polar surface area (TPSA) is 20.2 Å². The zero-order valence-corrected chi connectivity index (χ0v) is 8.68. The Hall–Kier alpha value is -0.0400. The molecule has 0 aromatic rings. The van der Waals surface area contributed by atoms with E-state index in [-0.39, 0.29) is 11.5 Å². The predicted octanol–water partition coefficient (Wildman–Crippen LogP) is 2.69. The Balaban J connectivity index is 4.29. The summed E-state index contributed by atoms with van der Waals surface area (Å²) in [6.45, 7) is 12.7. The van der Waals surface area contributed by atoms with Crippen LogP contribution in [0.2, 0.25) is 0 Å². The predicted molar refractivity (Wildman–Crippen MR) is 49.5 cm³/mol. The Morgan fingerprint density at radius 1 is 1.00 bits per heavy atom. The molecule has 0 rings (SSSR count). The number of hydrogen-bond acceptors (Lipinski definition) is 1. The second-order valence-electron chi connectivity index (χ2n) is 4.53. The Labute approximate surface area is 70.8 Å². The van der Waals surface area contributed by atoms with Crippen LogP contribution in [-0.4, -0.2) is 11.2 Å². The van der Waals surface area contributed by atoms with Crippen LogP contribution in [0.15, 0.2) is 0 Å². The smallest absolute Gasteiger partial charge is 0.0565 e. The van der Waals surface area contributed by atoms with Gasteiger partial charge in [0.2, 0.25) is 0 Å². The van der Waals surface area contributed by atoms with Crippen LogP contribution in [0.1, 0.15) is 41.5 Å². The molecule has 0 spiro atoms. The van der Waals surface area contributed by atoms with Crippen LogP contribution < -0.4 is 0 Å². The van der Waals surface area contributed by atoms with E-state index in [1.54, 1.807) is 0 Å². The molecule has 0 radical (unpaired) electrons. The highest BCUT2D eigenvalue weighted by molar-refractivity contribution is 4.81. The Morgan fingerprint density at radius 3 is 1.45 bits per heavy atom. The summed E-state index contributed by atoms with van der Waals surface area (Å²) in [6.07, 6.45) is -0.222. The number of hydrogen-bond donors (Lipinski definition) is 1. The summed E-state index contributed by atoms with van der Waals surface area (Å²) in [7, 11) is 0. The molecule has 1 nitrogen and oxygen atoms in total. The van der Waals surface area contributed by atoms with Crippen molar-refractivity contribution in [2.75, 3.05) is 0 Å². The van der Waals surface area contributed by atoms with E-state index in [0.717, 1.165) is 0 Å². The van der Waals surface area contributed by atoms with Gasteiger partial charge in [0.25, 0.3) is 0 Å². The highest BCUT2D eigenvalue weighted by Gasteiger charge is 2.32. The van der Waals surface area contributed by atoms with E-state index in [0.29, 0.717) is 11.8 Å². The van der Waals surface area contributed by atoms with Gasteiger partial charge in [0.05, 0.1) is 6.10 Å². The van der Waals surface area contributed by atoms with Crippen molar-refractivity contribution in [1.29, 1.82) is 0 Å². The molecular formula is C10H22O. The maximum Gasteiger partial charge on any atom is 0.0565 e. The van der Waals surface area contributed by atoms with E-state index in [1.807, 2.05) is 6.92 Å². The number of aliphatic hydroxyl groups is 1. The molecule has 0 bridgehead atoms. The summed E-state index contributed by atoms with van der Waals surface area (Å²) < 4.78 is 0. The molecule has 2 unspecified atom stereocenters. The van der Waals surface area contributed by atoms with E-state index in [9.17, 15) is 5.11 Å². The van der Waals surface area contributed by atoms with Gasteiger partial charge >= 0.3 is 0 Å². The first-order chi connectivity index (χ1) is 4.80. The van der Waals surface area contributed by atoms with Crippen LogP contribution in [0.5, 0.6) is 0 Å². The normalized spacial score (nSPS) is 18.5. The molecule has 0 aromatic heterocycles. The van der Waals surface area contributed by atoms with Crippen LogP contribution in [0.25, 0.3) is 0 Å². The lowest BCUT2D eigenvalue weighted by atomic mass is 9.71. The van der Waals surface area contributed by atoms with Crippen molar-refractivity contribution in [2.45, 2.75) is 47.6 Å². The van der Waals surface area contributed by atoms with Crippen molar-refractivity contribution in [3.8, 4) is 0 Å². The summed E-state index contributed by atoms with van der Waals surface area (Å²) in [5.41, 5.74) is 0.0359. The van der Waals surface area contributed by atoms with Crippen molar-refractivity contribution >= 4 is 0 Å². The first-order valence-corrected chi connectivity index (χ1v) is 4.48. The van der Waals surface area contributed by atoms with Gasteiger partial charge in [-0.2, -0.15) is 0 Å². The van der Waals surface area contributed by atoms with Crippen LogP contribution in [0.4, 0.5) is 0 Å². The minimum Gasteiger partial charge on any atom is -0.393 e. The molecule has 0 aliphatic rings. The molecule has 11 heavy (non-hydrogen) atoms. The molecule has 0 aliphatic heterocycles. The summed E-state index contributed by atoms with van der Waals surface area (Å²) >= 11 is 0.